The average Bonchev–Trinajstić information content (AvgIpc) is 3.49. The van der Waals surface area contributed by atoms with Crippen LogP contribution in [0.25, 0.3) is 0 Å². The summed E-state index contributed by atoms with van der Waals surface area (Å²) in [5.74, 6) is -0.821. The van der Waals surface area contributed by atoms with E-state index in [-0.39, 0.29) is 38.6 Å². The number of unbranched alkanes of at least 4 members (excludes halogenated alkanes) is 33. The molecule has 0 rings (SSSR count). The van der Waals surface area contributed by atoms with Crippen molar-refractivity contribution in [2.75, 3.05) is 26.4 Å². The monoisotopic (exact) mass is 1180 g/mol. The van der Waals surface area contributed by atoms with Gasteiger partial charge in [-0.15, -0.1) is 0 Å². The first kappa shape index (κ1) is 79.7. The third-order valence-corrected chi connectivity index (χ3v) is 15.6. The smallest absolute Gasteiger partial charge is 0.462 e. The van der Waals surface area contributed by atoms with Crippen LogP contribution in [0.5, 0.6) is 0 Å². The van der Waals surface area contributed by atoms with Crippen LogP contribution in [-0.2, 0) is 32.7 Å². The summed E-state index contributed by atoms with van der Waals surface area (Å²) in [6, 6.07) is 0. The molecule has 0 radical (unpaired) electrons. The molecule has 0 saturated carbocycles. The maximum absolute atomic E-state index is 12.8. The topological polar surface area (TPSA) is 134 Å². The molecule has 9 nitrogen and oxygen atoms in total. The highest BCUT2D eigenvalue weighted by molar-refractivity contribution is 7.47. The fourth-order valence-electron chi connectivity index (χ4n) is 9.66. The zero-order valence-electron chi connectivity index (χ0n) is 53.7. The number of phosphoric acid groups is 1. The van der Waals surface area contributed by atoms with Gasteiger partial charge in [0.2, 0.25) is 0 Å². The number of ether oxygens (including phenoxy) is 2. The van der Waals surface area contributed by atoms with Crippen LogP contribution in [-0.4, -0.2) is 49.3 Å². The molecule has 0 aliphatic rings. The second-order valence-corrected chi connectivity index (χ2v) is 24.1. The van der Waals surface area contributed by atoms with E-state index < -0.39 is 26.5 Å². The Hall–Kier alpha value is -3.33. The number of nitrogens with two attached hydrogens (primary N) is 1. The molecule has 0 spiro atoms. The van der Waals surface area contributed by atoms with Crippen molar-refractivity contribution in [2.24, 2.45) is 5.73 Å². The van der Waals surface area contributed by atoms with Gasteiger partial charge in [0.15, 0.2) is 6.10 Å². The van der Waals surface area contributed by atoms with E-state index in [4.69, 9.17) is 24.3 Å². The van der Waals surface area contributed by atoms with Gasteiger partial charge < -0.3 is 20.1 Å². The van der Waals surface area contributed by atoms with E-state index in [1.54, 1.807) is 0 Å². The molecule has 478 valence electrons. The van der Waals surface area contributed by atoms with Gasteiger partial charge in [-0.05, 0) is 96.3 Å². The van der Waals surface area contributed by atoms with Crippen molar-refractivity contribution in [3.8, 4) is 0 Å². The molecule has 0 fully saturated rings. The van der Waals surface area contributed by atoms with Gasteiger partial charge in [-0.2, -0.15) is 0 Å². The van der Waals surface area contributed by atoms with Crippen LogP contribution in [0.3, 0.4) is 0 Å². The molecule has 0 amide bonds. The highest BCUT2D eigenvalue weighted by atomic mass is 31.2. The normalized spacial score (nSPS) is 13.6. The zero-order chi connectivity index (χ0) is 60.1. The van der Waals surface area contributed by atoms with Crippen LogP contribution >= 0.6 is 7.82 Å². The molecule has 2 unspecified atom stereocenters. The number of hydrogen-bond donors (Lipinski definition) is 2. The molecular weight excluding hydrogens is 1050 g/mol. The van der Waals surface area contributed by atoms with Gasteiger partial charge in [0.1, 0.15) is 6.61 Å². The highest BCUT2D eigenvalue weighted by Gasteiger charge is 2.26. The number of rotatable bonds is 64. The van der Waals surface area contributed by atoms with Crippen molar-refractivity contribution in [3.05, 3.63) is 109 Å². The minimum atomic E-state index is -4.40. The number of carbonyl (C=O) groups excluding carboxylic acids is 2. The second kappa shape index (κ2) is 67.8. The summed E-state index contributed by atoms with van der Waals surface area (Å²) in [6.07, 6.45) is 93.2. The molecule has 0 saturated heterocycles. The third kappa shape index (κ3) is 67.7. The van der Waals surface area contributed by atoms with Crippen molar-refractivity contribution in [3.63, 3.8) is 0 Å². The second-order valence-electron chi connectivity index (χ2n) is 22.6. The molecule has 0 aromatic carbocycles. The Labute approximate surface area is 511 Å². The van der Waals surface area contributed by atoms with E-state index in [0.29, 0.717) is 6.42 Å². The Morgan fingerprint density at radius 3 is 0.928 bits per heavy atom. The van der Waals surface area contributed by atoms with E-state index >= 15 is 0 Å². The fraction of sp³-hybridized carbons (Fsp3) is 0.726. The van der Waals surface area contributed by atoms with Crippen molar-refractivity contribution in [1.29, 1.82) is 0 Å². The lowest BCUT2D eigenvalue weighted by molar-refractivity contribution is -0.161. The molecule has 0 aliphatic carbocycles. The van der Waals surface area contributed by atoms with Gasteiger partial charge in [0.05, 0.1) is 13.2 Å². The summed E-state index contributed by atoms with van der Waals surface area (Å²) < 4.78 is 33.2. The average molecular weight is 1180 g/mol. The Balaban J connectivity index is 3.87. The third-order valence-electron chi connectivity index (χ3n) is 14.7. The van der Waals surface area contributed by atoms with Gasteiger partial charge in [0.25, 0.3) is 0 Å². The van der Waals surface area contributed by atoms with E-state index in [1.165, 1.54) is 180 Å². The van der Waals surface area contributed by atoms with E-state index in [9.17, 15) is 19.0 Å². The van der Waals surface area contributed by atoms with E-state index in [2.05, 4.69) is 123 Å². The van der Waals surface area contributed by atoms with Crippen LogP contribution in [0.1, 0.15) is 309 Å². The predicted octanol–water partition coefficient (Wildman–Crippen LogP) is 22.5. The maximum atomic E-state index is 12.8. The first-order chi connectivity index (χ1) is 40.8. The maximum Gasteiger partial charge on any atom is 0.472 e. The number of esters is 2. The minimum absolute atomic E-state index is 0.0507. The molecule has 2 atom stereocenters. The fourth-order valence-corrected chi connectivity index (χ4v) is 10.4. The molecule has 0 heterocycles. The number of allylic oxidation sites excluding steroid dienone is 18. The Morgan fingerprint density at radius 2 is 0.627 bits per heavy atom. The van der Waals surface area contributed by atoms with Gasteiger partial charge in [-0.3, -0.25) is 18.6 Å². The van der Waals surface area contributed by atoms with Crippen LogP contribution in [0.2, 0.25) is 0 Å². The van der Waals surface area contributed by atoms with Gasteiger partial charge in [-0.25, -0.2) is 4.57 Å². The molecule has 0 aliphatic heterocycles. The number of hydrogen-bond acceptors (Lipinski definition) is 8. The van der Waals surface area contributed by atoms with Gasteiger partial charge in [-0.1, -0.05) is 309 Å². The Morgan fingerprint density at radius 1 is 0.361 bits per heavy atom. The Bertz CT molecular complexity index is 1730. The molecule has 0 aromatic heterocycles. The molecular formula is C73H128NO8P. The van der Waals surface area contributed by atoms with Crippen LogP contribution in [0.15, 0.2) is 109 Å². The lowest BCUT2D eigenvalue weighted by Gasteiger charge is -2.19. The van der Waals surface area contributed by atoms with Crippen molar-refractivity contribution >= 4 is 19.8 Å². The summed E-state index contributed by atoms with van der Waals surface area (Å²) >= 11 is 0. The SMILES string of the molecule is CC/C=C\C/C=C\C/C=C\C/C=C\C/C=C\CCCCCCCCCCCCCCCC(=O)OC(COC(=O)CCCCCCCCCCCCCCCCCCCCCC/C=C\C/C=C\C/C=C\C/C=C\CC)COP(=O)(O)OCCN. The summed E-state index contributed by atoms with van der Waals surface area (Å²) in [4.78, 5) is 35.4. The standard InChI is InChI=1S/C73H128NO8P/c1-3-5-7-9-11-13-15-17-19-21-23-25-27-29-31-33-34-35-36-38-39-41-43-45-47-49-51-53-55-57-59-61-63-65-72(75)79-69-71(70-81-83(77,78)80-68-67-74)82-73(76)66-64-62-60-58-56-54-52-50-48-46-44-42-40-37-32-30-28-26-24-22-20-18-16-14-12-10-8-6-4-2/h5-8,11-14,17-20,23-26,30,32,71H,3-4,9-10,15-16,21-22,27-29,31,33-70,74H2,1-2H3,(H,77,78)/b7-5-,8-6-,13-11-,14-12-,19-17-,20-18-,25-23-,26-24-,32-30-. The van der Waals surface area contributed by atoms with Crippen LogP contribution in [0.4, 0.5) is 0 Å². The van der Waals surface area contributed by atoms with Crippen LogP contribution < -0.4 is 5.73 Å². The predicted molar refractivity (Wildman–Crippen MR) is 358 cm³/mol. The van der Waals surface area contributed by atoms with Gasteiger partial charge in [0, 0.05) is 19.4 Å². The first-order valence-corrected chi connectivity index (χ1v) is 35.9. The molecule has 0 bridgehead atoms. The molecule has 0 aromatic rings. The van der Waals surface area contributed by atoms with Crippen molar-refractivity contribution < 1.29 is 37.6 Å². The van der Waals surface area contributed by atoms with Crippen LogP contribution in [0, 0.1) is 0 Å². The Kier molecular flexibility index (Phi) is 65.1. The summed E-state index contributed by atoms with van der Waals surface area (Å²) in [7, 11) is -4.40. The summed E-state index contributed by atoms with van der Waals surface area (Å²) in [5, 5.41) is 0. The molecule has 10 heteroatoms. The molecule has 3 N–H and O–H groups in total. The number of phosphoric ester groups is 1. The zero-order valence-corrected chi connectivity index (χ0v) is 54.5. The largest absolute Gasteiger partial charge is 0.472 e. The van der Waals surface area contributed by atoms with E-state index in [1.807, 2.05) is 0 Å². The molecule has 83 heavy (non-hydrogen) atoms. The summed E-state index contributed by atoms with van der Waals surface area (Å²) in [5.41, 5.74) is 5.40. The van der Waals surface area contributed by atoms with Crippen molar-refractivity contribution in [2.45, 2.75) is 315 Å². The summed E-state index contributed by atoms with van der Waals surface area (Å²) in [6.45, 7) is 3.55. The minimum Gasteiger partial charge on any atom is -0.462 e. The van der Waals surface area contributed by atoms with E-state index in [0.717, 1.165) is 96.3 Å². The number of carbonyl (C=O) groups is 2. The lowest BCUT2D eigenvalue weighted by atomic mass is 10.0. The van der Waals surface area contributed by atoms with Gasteiger partial charge >= 0.3 is 19.8 Å². The first-order valence-electron chi connectivity index (χ1n) is 34.4. The quantitative estimate of drug-likeness (QED) is 0.0264. The van der Waals surface area contributed by atoms with Crippen molar-refractivity contribution in [1.82, 2.24) is 0 Å². The lowest BCUT2D eigenvalue weighted by Crippen LogP contribution is -2.29. The highest BCUT2D eigenvalue weighted by Crippen LogP contribution is 2.43.